The second kappa shape index (κ2) is 6.48. The topological polar surface area (TPSA) is 59.8 Å². The van der Waals surface area contributed by atoms with Crippen LogP contribution in [0.3, 0.4) is 0 Å². The van der Waals surface area contributed by atoms with Gasteiger partial charge in [-0.05, 0) is 30.0 Å². The number of halogens is 2. The van der Waals surface area contributed by atoms with Crippen LogP contribution >= 0.6 is 34.5 Å². The first-order valence-corrected chi connectivity index (χ1v) is 10.2. The zero-order valence-electron chi connectivity index (χ0n) is 14.0. The van der Waals surface area contributed by atoms with Gasteiger partial charge in [0, 0.05) is 44.1 Å². The Morgan fingerprint density at radius 2 is 1.96 bits per heavy atom. The van der Waals surface area contributed by atoms with E-state index in [-0.39, 0.29) is 11.7 Å². The number of nitrogens with one attached hydrogen (secondary N) is 1. The summed E-state index contributed by atoms with van der Waals surface area (Å²) in [5.41, 5.74) is 2.24. The Labute approximate surface area is 169 Å². The smallest absolute Gasteiger partial charge is 0.226 e. The van der Waals surface area contributed by atoms with Gasteiger partial charge in [-0.3, -0.25) is 4.79 Å². The van der Waals surface area contributed by atoms with Crippen LogP contribution in [-0.2, 0) is 4.79 Å². The molecule has 0 unspecified atom stereocenters. The number of rotatable bonds is 2. The quantitative estimate of drug-likeness (QED) is 0.633. The number of carbonyl (C=O) groups excluding carboxylic acids is 1. The first-order valence-electron chi connectivity index (χ1n) is 8.53. The number of aromatic nitrogens is 3. The van der Waals surface area contributed by atoms with E-state index >= 15 is 0 Å². The van der Waals surface area contributed by atoms with Crippen molar-refractivity contribution in [3.05, 3.63) is 73.8 Å². The van der Waals surface area contributed by atoms with E-state index in [4.69, 9.17) is 23.2 Å². The first kappa shape index (κ1) is 17.0. The minimum absolute atomic E-state index is 0.0873. The molecule has 1 N–H and O–H groups in total. The molecule has 0 amide bonds. The van der Waals surface area contributed by atoms with Crippen molar-refractivity contribution in [3.8, 4) is 0 Å². The summed E-state index contributed by atoms with van der Waals surface area (Å²) in [6.07, 6.45) is 2.68. The Kier molecular flexibility index (Phi) is 4.07. The zero-order valence-corrected chi connectivity index (χ0v) is 16.4. The molecule has 2 aromatic heterocycles. The van der Waals surface area contributed by atoms with Crippen molar-refractivity contribution in [1.82, 2.24) is 14.8 Å². The van der Waals surface area contributed by atoms with Gasteiger partial charge in [0.25, 0.3) is 0 Å². The Balaban J connectivity index is 1.67. The third kappa shape index (κ3) is 2.71. The molecule has 0 saturated carbocycles. The van der Waals surface area contributed by atoms with Crippen LogP contribution in [0.1, 0.15) is 35.2 Å². The maximum atomic E-state index is 13.2. The van der Waals surface area contributed by atoms with Gasteiger partial charge < -0.3 is 5.32 Å². The van der Waals surface area contributed by atoms with Crippen molar-refractivity contribution >= 4 is 46.3 Å². The van der Waals surface area contributed by atoms with Crippen LogP contribution in [0.15, 0.2) is 53.3 Å². The lowest BCUT2D eigenvalue weighted by molar-refractivity contribution is -0.116. The van der Waals surface area contributed by atoms with Crippen LogP contribution in [-0.4, -0.2) is 20.5 Å². The second-order valence-corrected chi connectivity index (χ2v) is 8.42. The van der Waals surface area contributed by atoms with Crippen LogP contribution in [0.25, 0.3) is 0 Å². The molecule has 8 heteroatoms. The number of Topliss-reactive ketones (excluding diaryl/α,β-unsaturated/α-hetero) is 1. The van der Waals surface area contributed by atoms with Gasteiger partial charge in [-0.15, -0.1) is 11.3 Å². The second-order valence-electron chi connectivity index (χ2n) is 6.63. The third-order valence-electron chi connectivity index (χ3n) is 5.08. The number of hydrogen-bond donors (Lipinski definition) is 1. The number of hydrogen-bond acceptors (Lipinski definition) is 5. The van der Waals surface area contributed by atoms with Gasteiger partial charge in [0.1, 0.15) is 12.4 Å². The minimum atomic E-state index is -0.475. The van der Waals surface area contributed by atoms with Crippen molar-refractivity contribution in [2.45, 2.75) is 24.8 Å². The van der Waals surface area contributed by atoms with Crippen molar-refractivity contribution < 1.29 is 4.79 Å². The van der Waals surface area contributed by atoms with E-state index in [0.29, 0.717) is 33.6 Å². The fourth-order valence-corrected chi connectivity index (χ4v) is 5.35. The highest BCUT2D eigenvalue weighted by Gasteiger charge is 2.40. The summed E-state index contributed by atoms with van der Waals surface area (Å²) in [6.45, 7) is 0. The van der Waals surface area contributed by atoms with Crippen molar-refractivity contribution in [3.63, 3.8) is 0 Å². The molecule has 1 aliphatic carbocycles. The molecule has 3 heterocycles. The molecule has 0 radical (unpaired) electrons. The highest BCUT2D eigenvalue weighted by atomic mass is 35.5. The van der Waals surface area contributed by atoms with Crippen LogP contribution in [0.2, 0.25) is 10.0 Å². The summed E-state index contributed by atoms with van der Waals surface area (Å²) in [5, 5.41) is 10.7. The van der Waals surface area contributed by atoms with Crippen LogP contribution in [0.4, 0.5) is 5.95 Å². The summed E-state index contributed by atoms with van der Waals surface area (Å²) < 4.78 is 1.69. The van der Waals surface area contributed by atoms with E-state index in [2.05, 4.69) is 21.5 Å². The molecule has 5 rings (SSSR count). The Morgan fingerprint density at radius 1 is 1.15 bits per heavy atom. The predicted octanol–water partition coefficient (Wildman–Crippen LogP) is 5.06. The number of anilines is 1. The van der Waals surface area contributed by atoms with Gasteiger partial charge in [0.05, 0.1) is 0 Å². The molecule has 2 aliphatic rings. The maximum absolute atomic E-state index is 13.2. The number of nitrogens with zero attached hydrogens (tertiary/aromatic N) is 3. The summed E-state index contributed by atoms with van der Waals surface area (Å²) in [6, 6.07) is 8.99. The Morgan fingerprint density at radius 3 is 2.70 bits per heavy atom. The van der Waals surface area contributed by atoms with Crippen LogP contribution < -0.4 is 5.32 Å². The molecular weight excluding hydrogens is 403 g/mol. The number of benzene rings is 1. The molecule has 136 valence electrons. The Bertz CT molecular complexity index is 1050. The van der Waals surface area contributed by atoms with Gasteiger partial charge in [-0.1, -0.05) is 35.3 Å². The molecule has 0 fully saturated rings. The average molecular weight is 417 g/mol. The maximum Gasteiger partial charge on any atom is 0.226 e. The largest absolute Gasteiger partial charge is 0.328 e. The van der Waals surface area contributed by atoms with Gasteiger partial charge in [-0.2, -0.15) is 10.1 Å². The molecule has 3 aromatic rings. The highest BCUT2D eigenvalue weighted by molar-refractivity contribution is 7.10. The summed E-state index contributed by atoms with van der Waals surface area (Å²) in [5.74, 6) is 0.847. The van der Waals surface area contributed by atoms with Gasteiger partial charge in [-0.25, -0.2) is 4.68 Å². The fourth-order valence-electron chi connectivity index (χ4n) is 3.92. The van der Waals surface area contributed by atoms with Gasteiger partial charge in [0.2, 0.25) is 5.95 Å². The minimum Gasteiger partial charge on any atom is -0.328 e. The van der Waals surface area contributed by atoms with E-state index in [1.807, 2.05) is 11.4 Å². The average Bonchev–Trinajstić information content (AvgIpc) is 3.32. The van der Waals surface area contributed by atoms with E-state index in [1.54, 1.807) is 34.2 Å². The number of carbonyl (C=O) groups is 1. The van der Waals surface area contributed by atoms with Gasteiger partial charge >= 0.3 is 0 Å². The SMILES string of the molecule is O=C1C[C@H](c2cccs2)CC2=C1[C@@H](c1c(Cl)cccc1Cl)n1ncnc1N2. The van der Waals surface area contributed by atoms with Crippen molar-refractivity contribution in [1.29, 1.82) is 0 Å². The lowest BCUT2D eigenvalue weighted by atomic mass is 9.80. The van der Waals surface area contributed by atoms with Crippen molar-refractivity contribution in [2.75, 3.05) is 5.32 Å². The predicted molar refractivity (Wildman–Crippen MR) is 107 cm³/mol. The van der Waals surface area contributed by atoms with Crippen molar-refractivity contribution in [2.24, 2.45) is 0 Å². The number of ketones is 1. The molecular formula is C19H14Cl2N4OS. The summed E-state index contributed by atoms with van der Waals surface area (Å²) in [7, 11) is 0. The molecule has 1 aliphatic heterocycles. The van der Waals surface area contributed by atoms with Crippen LogP contribution in [0, 0.1) is 0 Å². The number of allylic oxidation sites excluding steroid dienone is 2. The lowest BCUT2D eigenvalue weighted by Crippen LogP contribution is -2.33. The van der Waals surface area contributed by atoms with Crippen LogP contribution in [0.5, 0.6) is 0 Å². The van der Waals surface area contributed by atoms with E-state index < -0.39 is 6.04 Å². The number of fused-ring (bicyclic) bond motifs is 1. The standard InChI is InChI=1S/C19H14Cl2N4OS/c20-11-3-1-4-12(21)16(11)18-17-13(24-19-22-9-23-25(18)19)7-10(8-14(17)26)15-5-2-6-27-15/h1-6,9-10,18H,7-8H2,(H,22,23,24)/t10-,18-/m1/s1. The molecule has 0 spiro atoms. The molecule has 1 aromatic carbocycles. The monoisotopic (exact) mass is 416 g/mol. The molecule has 5 nitrogen and oxygen atoms in total. The fraction of sp³-hybridized carbons (Fsp3) is 0.211. The normalized spacial score (nSPS) is 21.6. The molecule has 0 bridgehead atoms. The number of thiophene rings is 1. The highest BCUT2D eigenvalue weighted by Crippen LogP contribution is 2.47. The third-order valence-corrected chi connectivity index (χ3v) is 6.77. The molecule has 27 heavy (non-hydrogen) atoms. The van der Waals surface area contributed by atoms with E-state index in [9.17, 15) is 4.79 Å². The lowest BCUT2D eigenvalue weighted by Gasteiger charge is -2.35. The molecule has 0 saturated heterocycles. The zero-order chi connectivity index (χ0) is 18.5. The molecule has 2 atom stereocenters. The van der Waals surface area contributed by atoms with E-state index in [0.717, 1.165) is 12.1 Å². The summed E-state index contributed by atoms with van der Waals surface area (Å²) in [4.78, 5) is 18.8. The first-order chi connectivity index (χ1) is 13.1. The van der Waals surface area contributed by atoms with E-state index in [1.165, 1.54) is 11.2 Å². The summed E-state index contributed by atoms with van der Waals surface area (Å²) >= 11 is 14.7. The Hall–Kier alpha value is -2.15. The van der Waals surface area contributed by atoms with Gasteiger partial charge in [0.15, 0.2) is 5.78 Å².